The normalized spacial score (nSPS) is 13.1. The fraction of sp³-hybridized carbons (Fsp3) is 0.440. The van der Waals surface area contributed by atoms with Crippen molar-refractivity contribution in [3.63, 3.8) is 0 Å². The van der Waals surface area contributed by atoms with Crippen LogP contribution in [0.5, 0.6) is 0 Å². The molecule has 0 aromatic heterocycles. The molecule has 2 atom stereocenters. The van der Waals surface area contributed by atoms with Crippen LogP contribution in [-0.4, -0.2) is 50.0 Å². The summed E-state index contributed by atoms with van der Waals surface area (Å²) in [6.45, 7) is 9.03. The van der Waals surface area contributed by atoms with Gasteiger partial charge in [-0.15, -0.1) is 0 Å². The third-order valence-corrected chi connectivity index (χ3v) is 7.39. The molecule has 2 aromatic carbocycles. The number of rotatable bonds is 10. The number of carbonyl (C=O) groups is 2. The number of nitrogens with zero attached hydrogens (tertiary/aromatic N) is 2. The van der Waals surface area contributed by atoms with E-state index >= 15 is 0 Å². The zero-order chi connectivity index (χ0) is 25.6. The molecule has 2 aromatic rings. The van der Waals surface area contributed by atoms with Crippen LogP contribution in [0.3, 0.4) is 0 Å². The number of hydrogen-bond donors (Lipinski definition) is 1. The fourth-order valence-corrected chi connectivity index (χ4v) is 4.69. The molecule has 2 amide bonds. The summed E-state index contributed by atoms with van der Waals surface area (Å²) in [6, 6.07) is 12.0. The molecule has 0 bridgehead atoms. The van der Waals surface area contributed by atoms with Gasteiger partial charge in [0.15, 0.2) is 0 Å². The van der Waals surface area contributed by atoms with Gasteiger partial charge in [0.1, 0.15) is 12.6 Å². The number of aryl methyl sites for hydroxylation is 2. The SMILES string of the molecule is CC[C@@H](C)NC(=O)[C@H](C)N(Cc1ccc(Br)cc1)C(=O)CN(c1ccc(C)cc1C)S(C)(=O)=O. The average molecular weight is 553 g/mol. The Balaban J connectivity index is 2.41. The van der Waals surface area contributed by atoms with Crippen molar-refractivity contribution in [2.24, 2.45) is 0 Å². The van der Waals surface area contributed by atoms with Gasteiger partial charge in [-0.3, -0.25) is 13.9 Å². The summed E-state index contributed by atoms with van der Waals surface area (Å²) >= 11 is 3.40. The Bertz CT molecular complexity index is 1120. The summed E-state index contributed by atoms with van der Waals surface area (Å²) < 4.78 is 27.4. The molecule has 0 aliphatic carbocycles. The molecule has 186 valence electrons. The number of benzene rings is 2. The van der Waals surface area contributed by atoms with Crippen LogP contribution in [-0.2, 0) is 26.2 Å². The Kier molecular flexibility index (Phi) is 9.70. The summed E-state index contributed by atoms with van der Waals surface area (Å²) in [6.07, 6.45) is 1.84. The molecule has 7 nitrogen and oxygen atoms in total. The number of sulfonamides is 1. The molecule has 0 unspecified atom stereocenters. The second-order valence-electron chi connectivity index (χ2n) is 8.70. The van der Waals surface area contributed by atoms with Crippen molar-refractivity contribution in [3.8, 4) is 0 Å². The maximum absolute atomic E-state index is 13.6. The van der Waals surface area contributed by atoms with E-state index in [1.54, 1.807) is 13.0 Å². The molecular weight excluding hydrogens is 518 g/mol. The van der Waals surface area contributed by atoms with Gasteiger partial charge in [0.25, 0.3) is 0 Å². The lowest BCUT2D eigenvalue weighted by atomic mass is 10.1. The molecule has 1 N–H and O–H groups in total. The minimum Gasteiger partial charge on any atom is -0.352 e. The van der Waals surface area contributed by atoms with E-state index in [0.29, 0.717) is 5.69 Å². The van der Waals surface area contributed by atoms with Crippen molar-refractivity contribution in [3.05, 3.63) is 63.6 Å². The van der Waals surface area contributed by atoms with Gasteiger partial charge in [-0.05, 0) is 63.4 Å². The molecule has 9 heteroatoms. The number of carbonyl (C=O) groups excluding carboxylic acids is 2. The second-order valence-corrected chi connectivity index (χ2v) is 11.5. The summed E-state index contributed by atoms with van der Waals surface area (Å²) in [4.78, 5) is 27.9. The first kappa shape index (κ1) is 27.9. The minimum absolute atomic E-state index is 0.0395. The van der Waals surface area contributed by atoms with Gasteiger partial charge in [-0.25, -0.2) is 8.42 Å². The van der Waals surface area contributed by atoms with Crippen molar-refractivity contribution in [2.45, 2.75) is 59.7 Å². The Morgan fingerprint density at radius 3 is 2.21 bits per heavy atom. The summed E-state index contributed by atoms with van der Waals surface area (Å²) in [5.74, 6) is -0.739. The third kappa shape index (κ3) is 7.56. The number of hydrogen-bond acceptors (Lipinski definition) is 4. The third-order valence-electron chi connectivity index (χ3n) is 5.73. The molecule has 0 aliphatic heterocycles. The highest BCUT2D eigenvalue weighted by Gasteiger charge is 2.30. The lowest BCUT2D eigenvalue weighted by molar-refractivity contribution is -0.139. The zero-order valence-corrected chi connectivity index (χ0v) is 23.0. The van der Waals surface area contributed by atoms with Crippen molar-refractivity contribution < 1.29 is 18.0 Å². The molecule has 34 heavy (non-hydrogen) atoms. The predicted octanol–water partition coefficient (Wildman–Crippen LogP) is 4.16. The largest absolute Gasteiger partial charge is 0.352 e. The van der Waals surface area contributed by atoms with Crippen LogP contribution in [0.1, 0.15) is 43.9 Å². The van der Waals surface area contributed by atoms with Crippen molar-refractivity contribution in [1.82, 2.24) is 10.2 Å². The molecule has 2 rings (SSSR count). The highest BCUT2D eigenvalue weighted by molar-refractivity contribution is 9.10. The van der Waals surface area contributed by atoms with Crippen LogP contribution >= 0.6 is 15.9 Å². The monoisotopic (exact) mass is 551 g/mol. The summed E-state index contributed by atoms with van der Waals surface area (Å²) in [5, 5.41) is 2.92. The van der Waals surface area contributed by atoms with Gasteiger partial charge in [0.2, 0.25) is 21.8 Å². The van der Waals surface area contributed by atoms with Gasteiger partial charge in [-0.2, -0.15) is 0 Å². The van der Waals surface area contributed by atoms with Crippen LogP contribution in [0.4, 0.5) is 5.69 Å². The van der Waals surface area contributed by atoms with E-state index < -0.39 is 28.5 Å². The first-order chi connectivity index (χ1) is 15.8. The highest BCUT2D eigenvalue weighted by atomic mass is 79.9. The molecular formula is C25H34BrN3O4S. The smallest absolute Gasteiger partial charge is 0.244 e. The van der Waals surface area contributed by atoms with E-state index in [4.69, 9.17) is 0 Å². The van der Waals surface area contributed by atoms with E-state index in [1.807, 2.05) is 64.1 Å². The van der Waals surface area contributed by atoms with E-state index in [2.05, 4.69) is 21.2 Å². The zero-order valence-electron chi connectivity index (χ0n) is 20.6. The lowest BCUT2D eigenvalue weighted by Crippen LogP contribution is -2.52. The molecule has 0 spiro atoms. The molecule has 0 radical (unpaired) electrons. The number of nitrogens with one attached hydrogen (secondary N) is 1. The summed E-state index contributed by atoms with van der Waals surface area (Å²) in [7, 11) is -3.75. The van der Waals surface area contributed by atoms with Crippen LogP contribution in [0.25, 0.3) is 0 Å². The minimum atomic E-state index is -3.75. The molecule has 0 saturated heterocycles. The van der Waals surface area contributed by atoms with Gasteiger partial charge >= 0.3 is 0 Å². The standard InChI is InChI=1S/C25H34BrN3O4S/c1-7-19(4)27-25(31)20(5)28(15-21-9-11-22(26)12-10-21)24(30)16-29(34(6,32)33)23-13-8-17(2)14-18(23)3/h8-14,19-20H,7,15-16H2,1-6H3,(H,27,31)/t19-,20+/m1/s1. The molecule has 0 heterocycles. The van der Waals surface area contributed by atoms with Crippen molar-refractivity contribution >= 4 is 43.5 Å². The molecule has 0 saturated carbocycles. The average Bonchev–Trinajstić information content (AvgIpc) is 2.76. The van der Waals surface area contributed by atoms with Crippen molar-refractivity contribution in [2.75, 3.05) is 17.1 Å². The van der Waals surface area contributed by atoms with Crippen LogP contribution < -0.4 is 9.62 Å². The van der Waals surface area contributed by atoms with Crippen LogP contribution in [0.15, 0.2) is 46.9 Å². The Morgan fingerprint density at radius 1 is 1.06 bits per heavy atom. The van der Waals surface area contributed by atoms with Crippen LogP contribution in [0, 0.1) is 13.8 Å². The van der Waals surface area contributed by atoms with Gasteiger partial charge in [0.05, 0.1) is 11.9 Å². The van der Waals surface area contributed by atoms with E-state index in [9.17, 15) is 18.0 Å². The van der Waals surface area contributed by atoms with Gasteiger partial charge < -0.3 is 10.2 Å². The first-order valence-electron chi connectivity index (χ1n) is 11.2. The van der Waals surface area contributed by atoms with Crippen LogP contribution in [0.2, 0.25) is 0 Å². The van der Waals surface area contributed by atoms with Gasteiger partial charge in [-0.1, -0.05) is 52.7 Å². The van der Waals surface area contributed by atoms with E-state index in [0.717, 1.165) is 38.1 Å². The number of amides is 2. The van der Waals surface area contributed by atoms with Crippen molar-refractivity contribution in [1.29, 1.82) is 0 Å². The second kappa shape index (κ2) is 11.8. The maximum atomic E-state index is 13.6. The topological polar surface area (TPSA) is 86.8 Å². The molecule has 0 fully saturated rings. The maximum Gasteiger partial charge on any atom is 0.244 e. The Hall–Kier alpha value is -2.39. The number of anilines is 1. The highest BCUT2D eigenvalue weighted by Crippen LogP contribution is 2.24. The Labute approximate surface area is 211 Å². The van der Waals surface area contributed by atoms with Gasteiger partial charge in [0, 0.05) is 17.1 Å². The van der Waals surface area contributed by atoms with E-state index in [1.165, 1.54) is 4.90 Å². The summed E-state index contributed by atoms with van der Waals surface area (Å²) in [5.41, 5.74) is 3.02. The Morgan fingerprint density at radius 2 is 1.68 bits per heavy atom. The fourth-order valence-electron chi connectivity index (χ4n) is 3.51. The van der Waals surface area contributed by atoms with E-state index in [-0.39, 0.29) is 18.5 Å². The lowest BCUT2D eigenvalue weighted by Gasteiger charge is -2.32. The first-order valence-corrected chi connectivity index (χ1v) is 13.9. The number of halogens is 1. The molecule has 0 aliphatic rings. The quantitative estimate of drug-likeness (QED) is 0.480. The predicted molar refractivity (Wildman–Crippen MR) is 140 cm³/mol.